The molecule has 2 aromatic carbocycles. The Morgan fingerprint density at radius 2 is 1.62 bits per heavy atom. The summed E-state index contributed by atoms with van der Waals surface area (Å²) in [6, 6.07) is 16.5. The summed E-state index contributed by atoms with van der Waals surface area (Å²) < 4.78 is 0. The molecule has 2 aromatic rings. The standard InChI is InChI=1S/C20H29N3O/c21-16-18-6-3-7-20(15-18)23(13-4-14-24)12-2-1-5-17-8-10-19(22)11-9-17/h3,6-11,15,24H,1-2,4-5,12-14,16,21-22H2. The molecule has 0 aliphatic rings. The molecule has 0 radical (unpaired) electrons. The zero-order valence-electron chi connectivity index (χ0n) is 14.3. The van der Waals surface area contributed by atoms with Crippen LogP contribution in [0.25, 0.3) is 0 Å². The van der Waals surface area contributed by atoms with E-state index >= 15 is 0 Å². The van der Waals surface area contributed by atoms with Crippen LogP contribution in [0.3, 0.4) is 0 Å². The maximum atomic E-state index is 9.15. The number of aryl methyl sites for hydroxylation is 1. The number of rotatable bonds is 10. The summed E-state index contributed by atoms with van der Waals surface area (Å²) in [5.41, 5.74) is 15.9. The number of aliphatic hydroxyl groups excluding tert-OH is 1. The summed E-state index contributed by atoms with van der Waals surface area (Å²) >= 11 is 0. The SMILES string of the molecule is NCc1cccc(N(CCCO)CCCCc2ccc(N)cc2)c1. The minimum Gasteiger partial charge on any atom is -0.399 e. The summed E-state index contributed by atoms with van der Waals surface area (Å²) in [5.74, 6) is 0. The van der Waals surface area contributed by atoms with Gasteiger partial charge in [-0.15, -0.1) is 0 Å². The lowest BCUT2D eigenvalue weighted by Crippen LogP contribution is -2.26. The number of anilines is 2. The van der Waals surface area contributed by atoms with Crippen molar-refractivity contribution in [3.8, 4) is 0 Å². The third kappa shape index (κ3) is 5.87. The Bertz CT molecular complexity index is 598. The topological polar surface area (TPSA) is 75.5 Å². The van der Waals surface area contributed by atoms with Crippen LogP contribution >= 0.6 is 0 Å². The second-order valence-electron chi connectivity index (χ2n) is 6.14. The normalized spacial score (nSPS) is 10.8. The van der Waals surface area contributed by atoms with E-state index in [9.17, 15) is 0 Å². The van der Waals surface area contributed by atoms with Gasteiger partial charge in [0.1, 0.15) is 0 Å². The second kappa shape index (κ2) is 9.96. The minimum absolute atomic E-state index is 0.221. The third-order valence-corrected chi connectivity index (χ3v) is 4.22. The molecule has 0 aromatic heterocycles. The molecule has 0 unspecified atom stereocenters. The largest absolute Gasteiger partial charge is 0.399 e. The average Bonchev–Trinajstić information content (AvgIpc) is 2.62. The molecule has 0 spiro atoms. The zero-order chi connectivity index (χ0) is 17.2. The maximum Gasteiger partial charge on any atom is 0.0447 e. The van der Waals surface area contributed by atoms with Crippen molar-refractivity contribution in [2.45, 2.75) is 32.2 Å². The van der Waals surface area contributed by atoms with Crippen LogP contribution < -0.4 is 16.4 Å². The molecule has 0 heterocycles. The molecule has 0 saturated carbocycles. The Morgan fingerprint density at radius 3 is 2.33 bits per heavy atom. The molecular weight excluding hydrogens is 298 g/mol. The Labute approximate surface area is 145 Å². The molecule has 24 heavy (non-hydrogen) atoms. The number of hydrogen-bond acceptors (Lipinski definition) is 4. The minimum atomic E-state index is 0.221. The van der Waals surface area contributed by atoms with Crippen molar-refractivity contribution in [3.05, 3.63) is 59.7 Å². The van der Waals surface area contributed by atoms with Crippen LogP contribution in [0.1, 0.15) is 30.4 Å². The van der Waals surface area contributed by atoms with Gasteiger partial charge in [0.15, 0.2) is 0 Å². The van der Waals surface area contributed by atoms with Gasteiger partial charge in [0, 0.05) is 37.6 Å². The van der Waals surface area contributed by atoms with E-state index in [0.717, 1.165) is 50.0 Å². The predicted molar refractivity (Wildman–Crippen MR) is 102 cm³/mol. The molecule has 5 N–H and O–H groups in total. The van der Waals surface area contributed by atoms with Crippen molar-refractivity contribution in [2.75, 3.05) is 30.3 Å². The summed E-state index contributed by atoms with van der Waals surface area (Å²) in [4.78, 5) is 2.35. The van der Waals surface area contributed by atoms with E-state index < -0.39 is 0 Å². The van der Waals surface area contributed by atoms with Gasteiger partial charge in [-0.3, -0.25) is 0 Å². The highest BCUT2D eigenvalue weighted by molar-refractivity contribution is 5.48. The van der Waals surface area contributed by atoms with E-state index in [1.54, 1.807) is 0 Å². The fraction of sp³-hybridized carbons (Fsp3) is 0.400. The van der Waals surface area contributed by atoms with Crippen LogP contribution in [0.2, 0.25) is 0 Å². The first-order valence-electron chi connectivity index (χ1n) is 8.72. The summed E-state index contributed by atoms with van der Waals surface area (Å²) in [5, 5.41) is 9.15. The first-order valence-corrected chi connectivity index (χ1v) is 8.72. The Morgan fingerprint density at radius 1 is 0.875 bits per heavy atom. The summed E-state index contributed by atoms with van der Waals surface area (Å²) in [6.07, 6.45) is 4.10. The number of hydrogen-bond donors (Lipinski definition) is 3. The van der Waals surface area contributed by atoms with Gasteiger partial charge < -0.3 is 21.5 Å². The van der Waals surface area contributed by atoms with Crippen molar-refractivity contribution in [2.24, 2.45) is 5.73 Å². The fourth-order valence-electron chi connectivity index (χ4n) is 2.83. The average molecular weight is 327 g/mol. The number of nitrogens with zero attached hydrogens (tertiary/aromatic N) is 1. The van der Waals surface area contributed by atoms with E-state index in [1.807, 2.05) is 12.1 Å². The Balaban J connectivity index is 1.87. The molecule has 2 rings (SSSR count). The lowest BCUT2D eigenvalue weighted by Gasteiger charge is -2.25. The second-order valence-corrected chi connectivity index (χ2v) is 6.14. The smallest absolute Gasteiger partial charge is 0.0447 e. The summed E-state index contributed by atoms with van der Waals surface area (Å²) in [7, 11) is 0. The van der Waals surface area contributed by atoms with Gasteiger partial charge in [0.05, 0.1) is 0 Å². The first-order chi connectivity index (χ1) is 11.7. The molecular formula is C20H29N3O. The molecule has 130 valence electrons. The monoisotopic (exact) mass is 327 g/mol. The van der Waals surface area contributed by atoms with Crippen LogP contribution in [0.15, 0.2) is 48.5 Å². The van der Waals surface area contributed by atoms with Crippen LogP contribution in [-0.2, 0) is 13.0 Å². The quantitative estimate of drug-likeness (QED) is 0.463. The molecule has 0 amide bonds. The number of nitrogens with two attached hydrogens (primary N) is 2. The predicted octanol–water partition coefficient (Wildman–Crippen LogP) is 2.94. The van der Waals surface area contributed by atoms with Crippen LogP contribution in [0.4, 0.5) is 11.4 Å². The highest BCUT2D eigenvalue weighted by Crippen LogP contribution is 2.18. The molecule has 0 aliphatic carbocycles. The number of unbranched alkanes of at least 4 members (excludes halogenated alkanes) is 1. The lowest BCUT2D eigenvalue weighted by atomic mass is 10.1. The molecule has 0 saturated heterocycles. The highest BCUT2D eigenvalue weighted by atomic mass is 16.3. The third-order valence-electron chi connectivity index (χ3n) is 4.22. The van der Waals surface area contributed by atoms with Crippen molar-refractivity contribution >= 4 is 11.4 Å². The van der Waals surface area contributed by atoms with Gasteiger partial charge in [-0.1, -0.05) is 24.3 Å². The molecule has 4 nitrogen and oxygen atoms in total. The zero-order valence-corrected chi connectivity index (χ0v) is 14.3. The van der Waals surface area contributed by atoms with Gasteiger partial charge >= 0.3 is 0 Å². The molecule has 4 heteroatoms. The van der Waals surface area contributed by atoms with E-state index in [0.29, 0.717) is 6.54 Å². The molecule has 0 bridgehead atoms. The van der Waals surface area contributed by atoms with E-state index in [-0.39, 0.29) is 6.61 Å². The fourth-order valence-corrected chi connectivity index (χ4v) is 2.83. The van der Waals surface area contributed by atoms with Crippen LogP contribution in [-0.4, -0.2) is 24.8 Å². The Hall–Kier alpha value is -2.04. The molecule has 0 atom stereocenters. The van der Waals surface area contributed by atoms with Crippen molar-refractivity contribution in [1.82, 2.24) is 0 Å². The van der Waals surface area contributed by atoms with Gasteiger partial charge in [-0.05, 0) is 61.1 Å². The summed E-state index contributed by atoms with van der Waals surface area (Å²) in [6.45, 7) is 2.63. The van der Waals surface area contributed by atoms with E-state index in [2.05, 4.69) is 41.3 Å². The molecule has 0 fully saturated rings. The Kier molecular flexibility index (Phi) is 7.59. The van der Waals surface area contributed by atoms with Crippen LogP contribution in [0.5, 0.6) is 0 Å². The van der Waals surface area contributed by atoms with E-state index in [4.69, 9.17) is 16.6 Å². The number of benzene rings is 2. The van der Waals surface area contributed by atoms with Gasteiger partial charge in [-0.2, -0.15) is 0 Å². The van der Waals surface area contributed by atoms with Gasteiger partial charge in [0.25, 0.3) is 0 Å². The number of nitrogen functional groups attached to an aromatic ring is 1. The lowest BCUT2D eigenvalue weighted by molar-refractivity contribution is 0.289. The van der Waals surface area contributed by atoms with Crippen molar-refractivity contribution in [1.29, 1.82) is 0 Å². The number of aliphatic hydroxyl groups is 1. The highest BCUT2D eigenvalue weighted by Gasteiger charge is 2.07. The van der Waals surface area contributed by atoms with Crippen LogP contribution in [0, 0.1) is 0 Å². The van der Waals surface area contributed by atoms with Crippen molar-refractivity contribution < 1.29 is 5.11 Å². The van der Waals surface area contributed by atoms with Gasteiger partial charge in [0.2, 0.25) is 0 Å². The first kappa shape index (κ1) is 18.3. The van der Waals surface area contributed by atoms with Crippen molar-refractivity contribution in [3.63, 3.8) is 0 Å². The maximum absolute atomic E-state index is 9.15. The molecule has 0 aliphatic heterocycles. The van der Waals surface area contributed by atoms with Gasteiger partial charge in [-0.25, -0.2) is 0 Å². The van der Waals surface area contributed by atoms with E-state index in [1.165, 1.54) is 11.3 Å².